The second-order valence-corrected chi connectivity index (χ2v) is 5.45. The molecule has 18 heavy (non-hydrogen) atoms. The Labute approximate surface area is 115 Å². The summed E-state index contributed by atoms with van der Waals surface area (Å²) < 4.78 is 5.39. The third-order valence-corrected chi connectivity index (χ3v) is 4.01. The Bertz CT molecular complexity index is 257. The third kappa shape index (κ3) is 4.75. The maximum atomic E-state index is 11.8. The molecule has 0 spiro atoms. The van der Waals surface area contributed by atoms with Crippen molar-refractivity contribution in [3.05, 3.63) is 0 Å². The summed E-state index contributed by atoms with van der Waals surface area (Å²) in [5, 5.41) is 3.03. The average molecular weight is 277 g/mol. The van der Waals surface area contributed by atoms with Crippen LogP contribution < -0.4 is 11.1 Å². The van der Waals surface area contributed by atoms with E-state index in [1.54, 1.807) is 0 Å². The zero-order valence-corrected chi connectivity index (χ0v) is 11.7. The first-order valence-electron chi connectivity index (χ1n) is 6.85. The number of amides is 1. The van der Waals surface area contributed by atoms with Gasteiger partial charge in [-0.3, -0.25) is 4.79 Å². The van der Waals surface area contributed by atoms with Crippen LogP contribution in [-0.2, 0) is 9.53 Å². The SMILES string of the molecule is Cl.N[C@@H]1CCC[C@H]1CC(=O)NCC1CCCOC1. The number of halogens is 1. The fraction of sp³-hybridized carbons (Fsp3) is 0.923. The molecule has 0 aromatic heterocycles. The van der Waals surface area contributed by atoms with Gasteiger partial charge in [-0.05, 0) is 37.5 Å². The van der Waals surface area contributed by atoms with Gasteiger partial charge in [-0.25, -0.2) is 0 Å². The van der Waals surface area contributed by atoms with Crippen LogP contribution in [0.1, 0.15) is 38.5 Å². The molecule has 0 bridgehead atoms. The van der Waals surface area contributed by atoms with E-state index in [0.29, 0.717) is 18.3 Å². The van der Waals surface area contributed by atoms with E-state index in [0.717, 1.165) is 39.0 Å². The first-order valence-corrected chi connectivity index (χ1v) is 6.85. The van der Waals surface area contributed by atoms with Crippen LogP contribution in [0, 0.1) is 11.8 Å². The second-order valence-electron chi connectivity index (χ2n) is 5.45. The molecule has 1 amide bonds. The van der Waals surface area contributed by atoms with Gasteiger partial charge in [0.2, 0.25) is 5.91 Å². The Morgan fingerprint density at radius 1 is 1.28 bits per heavy atom. The monoisotopic (exact) mass is 276 g/mol. The highest BCUT2D eigenvalue weighted by Crippen LogP contribution is 2.26. The molecule has 1 aliphatic carbocycles. The lowest BCUT2D eigenvalue weighted by Crippen LogP contribution is -2.36. The van der Waals surface area contributed by atoms with Gasteiger partial charge in [-0.2, -0.15) is 0 Å². The lowest BCUT2D eigenvalue weighted by molar-refractivity contribution is -0.122. The maximum Gasteiger partial charge on any atom is 0.220 e. The van der Waals surface area contributed by atoms with Crippen molar-refractivity contribution >= 4 is 18.3 Å². The van der Waals surface area contributed by atoms with Gasteiger partial charge in [-0.1, -0.05) is 6.42 Å². The number of ether oxygens (including phenoxy) is 1. The summed E-state index contributed by atoms with van der Waals surface area (Å²) in [4.78, 5) is 11.8. The van der Waals surface area contributed by atoms with E-state index in [1.165, 1.54) is 12.8 Å². The standard InChI is InChI=1S/C13H24N2O2.ClH/c14-12-5-1-4-11(12)7-13(16)15-8-10-3-2-6-17-9-10;/h10-12H,1-9,14H2,(H,15,16);1H/t10?,11-,12+;/m0./s1. The third-order valence-electron chi connectivity index (χ3n) is 4.01. The predicted octanol–water partition coefficient (Wildman–Crippen LogP) is 1.47. The molecule has 3 atom stereocenters. The lowest BCUT2D eigenvalue weighted by Gasteiger charge is -2.22. The Kier molecular flexibility index (Phi) is 6.97. The summed E-state index contributed by atoms with van der Waals surface area (Å²) in [7, 11) is 0. The molecule has 1 aliphatic heterocycles. The summed E-state index contributed by atoms with van der Waals surface area (Å²) in [5.41, 5.74) is 5.97. The van der Waals surface area contributed by atoms with Crippen LogP contribution in [0.15, 0.2) is 0 Å². The topological polar surface area (TPSA) is 64.4 Å². The van der Waals surface area contributed by atoms with E-state index >= 15 is 0 Å². The van der Waals surface area contributed by atoms with Crippen molar-refractivity contribution in [3.63, 3.8) is 0 Å². The van der Waals surface area contributed by atoms with Gasteiger partial charge in [-0.15, -0.1) is 12.4 Å². The van der Waals surface area contributed by atoms with Gasteiger partial charge >= 0.3 is 0 Å². The molecule has 1 heterocycles. The van der Waals surface area contributed by atoms with Crippen LogP contribution in [0.3, 0.4) is 0 Å². The van der Waals surface area contributed by atoms with Crippen molar-refractivity contribution in [3.8, 4) is 0 Å². The second kappa shape index (κ2) is 7.97. The van der Waals surface area contributed by atoms with Gasteiger partial charge in [0.1, 0.15) is 0 Å². The van der Waals surface area contributed by atoms with Crippen molar-refractivity contribution in [2.24, 2.45) is 17.6 Å². The fourth-order valence-corrected chi connectivity index (χ4v) is 2.86. The van der Waals surface area contributed by atoms with E-state index in [1.807, 2.05) is 0 Å². The van der Waals surface area contributed by atoms with Crippen LogP contribution in [0.4, 0.5) is 0 Å². The smallest absolute Gasteiger partial charge is 0.220 e. The molecular formula is C13H25ClN2O2. The molecule has 2 aliphatic rings. The molecule has 0 aromatic carbocycles. The summed E-state index contributed by atoms with van der Waals surface area (Å²) in [6, 6.07) is 0.235. The maximum absolute atomic E-state index is 11.8. The van der Waals surface area contributed by atoms with E-state index in [2.05, 4.69) is 5.32 Å². The lowest BCUT2D eigenvalue weighted by atomic mass is 9.99. The number of nitrogens with one attached hydrogen (secondary N) is 1. The Morgan fingerprint density at radius 2 is 2.11 bits per heavy atom. The molecule has 1 saturated heterocycles. The Hall–Kier alpha value is -0.320. The molecular weight excluding hydrogens is 252 g/mol. The van der Waals surface area contributed by atoms with Crippen molar-refractivity contribution in [2.45, 2.75) is 44.6 Å². The quantitative estimate of drug-likeness (QED) is 0.817. The van der Waals surface area contributed by atoms with Gasteiger partial charge in [0.15, 0.2) is 0 Å². The molecule has 0 radical (unpaired) electrons. The fourth-order valence-electron chi connectivity index (χ4n) is 2.86. The van der Waals surface area contributed by atoms with Crippen LogP contribution in [0.25, 0.3) is 0 Å². The zero-order chi connectivity index (χ0) is 12.1. The molecule has 5 heteroatoms. The summed E-state index contributed by atoms with van der Waals surface area (Å²) >= 11 is 0. The van der Waals surface area contributed by atoms with E-state index < -0.39 is 0 Å². The molecule has 4 nitrogen and oxygen atoms in total. The van der Waals surface area contributed by atoms with Crippen molar-refractivity contribution in [1.29, 1.82) is 0 Å². The van der Waals surface area contributed by atoms with Gasteiger partial charge in [0.25, 0.3) is 0 Å². The molecule has 1 unspecified atom stereocenters. The van der Waals surface area contributed by atoms with Gasteiger partial charge in [0, 0.05) is 25.6 Å². The Balaban J connectivity index is 0.00000162. The van der Waals surface area contributed by atoms with Crippen LogP contribution >= 0.6 is 12.4 Å². The number of rotatable bonds is 4. The van der Waals surface area contributed by atoms with E-state index in [-0.39, 0.29) is 24.4 Å². The first-order chi connectivity index (χ1) is 8.25. The highest BCUT2D eigenvalue weighted by Gasteiger charge is 2.26. The number of carbonyl (C=O) groups is 1. The first kappa shape index (κ1) is 15.7. The van der Waals surface area contributed by atoms with Gasteiger partial charge < -0.3 is 15.8 Å². The molecule has 1 saturated carbocycles. The van der Waals surface area contributed by atoms with Gasteiger partial charge in [0.05, 0.1) is 6.61 Å². The van der Waals surface area contributed by atoms with Crippen LogP contribution in [-0.4, -0.2) is 31.7 Å². The average Bonchev–Trinajstić information content (AvgIpc) is 2.74. The predicted molar refractivity (Wildman–Crippen MR) is 73.7 cm³/mol. The molecule has 0 aromatic rings. The van der Waals surface area contributed by atoms with E-state index in [9.17, 15) is 4.79 Å². The number of carbonyl (C=O) groups excluding carboxylic acids is 1. The number of hydrogen-bond donors (Lipinski definition) is 2. The number of nitrogens with two attached hydrogens (primary N) is 1. The highest BCUT2D eigenvalue weighted by atomic mass is 35.5. The summed E-state index contributed by atoms with van der Waals surface area (Å²) in [5.74, 6) is 1.07. The van der Waals surface area contributed by atoms with Crippen molar-refractivity contribution in [1.82, 2.24) is 5.32 Å². The normalized spacial score (nSPS) is 31.7. The largest absolute Gasteiger partial charge is 0.381 e. The van der Waals surface area contributed by atoms with Crippen molar-refractivity contribution < 1.29 is 9.53 Å². The highest BCUT2D eigenvalue weighted by molar-refractivity contribution is 5.85. The van der Waals surface area contributed by atoms with Crippen LogP contribution in [0.2, 0.25) is 0 Å². The number of hydrogen-bond acceptors (Lipinski definition) is 3. The molecule has 106 valence electrons. The molecule has 3 N–H and O–H groups in total. The summed E-state index contributed by atoms with van der Waals surface area (Å²) in [6.07, 6.45) is 6.26. The zero-order valence-electron chi connectivity index (χ0n) is 10.9. The molecule has 2 rings (SSSR count). The Morgan fingerprint density at radius 3 is 2.72 bits per heavy atom. The van der Waals surface area contributed by atoms with E-state index in [4.69, 9.17) is 10.5 Å². The summed E-state index contributed by atoms with van der Waals surface area (Å²) in [6.45, 7) is 2.44. The minimum absolute atomic E-state index is 0. The van der Waals surface area contributed by atoms with Crippen LogP contribution in [0.5, 0.6) is 0 Å². The minimum Gasteiger partial charge on any atom is -0.381 e. The van der Waals surface area contributed by atoms with Crippen molar-refractivity contribution in [2.75, 3.05) is 19.8 Å². The molecule has 2 fully saturated rings. The minimum atomic E-state index is 0.